The van der Waals surface area contributed by atoms with E-state index in [1.807, 2.05) is 18.3 Å². The fourth-order valence-electron chi connectivity index (χ4n) is 3.88. The Hall–Kier alpha value is -1.59. The summed E-state index contributed by atoms with van der Waals surface area (Å²) in [6, 6.07) is 8.37. The number of H-pyrrole nitrogens is 1. The van der Waals surface area contributed by atoms with Crippen LogP contribution in [0.15, 0.2) is 30.5 Å². The van der Waals surface area contributed by atoms with Crippen molar-refractivity contribution in [3.63, 3.8) is 0 Å². The van der Waals surface area contributed by atoms with Crippen molar-refractivity contribution in [3.8, 4) is 0 Å². The van der Waals surface area contributed by atoms with E-state index >= 15 is 0 Å². The third-order valence-corrected chi connectivity index (χ3v) is 5.94. The number of thiocarbonyl (C=S) groups is 1. The molecule has 3 unspecified atom stereocenters. The maximum Gasteiger partial charge on any atom is 0.233 e. The molecule has 2 fully saturated rings. The molecule has 2 heterocycles. The van der Waals surface area contributed by atoms with Crippen molar-refractivity contribution in [3.05, 3.63) is 36.0 Å². The summed E-state index contributed by atoms with van der Waals surface area (Å²) in [5.41, 5.74) is 2.33. The van der Waals surface area contributed by atoms with Gasteiger partial charge in [0, 0.05) is 35.1 Å². The molecule has 3 atom stereocenters. The zero-order chi connectivity index (χ0) is 16.7. The van der Waals surface area contributed by atoms with Gasteiger partial charge in [0.15, 0.2) is 5.11 Å². The van der Waals surface area contributed by atoms with Crippen molar-refractivity contribution >= 4 is 45.7 Å². The minimum Gasteiger partial charge on any atom is -0.361 e. The SMILES string of the molecule is O=C1C2CC(Cl)CCC2NC(=S)N1CCc1c[nH]c2ccccc12. The average molecular weight is 362 g/mol. The van der Waals surface area contributed by atoms with Crippen LogP contribution in [0.5, 0.6) is 0 Å². The van der Waals surface area contributed by atoms with Crippen molar-refractivity contribution in [2.75, 3.05) is 6.54 Å². The highest BCUT2D eigenvalue weighted by molar-refractivity contribution is 7.80. The topological polar surface area (TPSA) is 48.1 Å². The summed E-state index contributed by atoms with van der Waals surface area (Å²) in [7, 11) is 0. The number of carbonyl (C=O) groups excluding carboxylic acids is 1. The maximum atomic E-state index is 12.9. The van der Waals surface area contributed by atoms with Crippen LogP contribution >= 0.6 is 23.8 Å². The lowest BCUT2D eigenvalue weighted by molar-refractivity contribution is -0.134. The van der Waals surface area contributed by atoms with Gasteiger partial charge in [0.1, 0.15) is 0 Å². The maximum absolute atomic E-state index is 12.9. The Morgan fingerprint density at radius 1 is 1.29 bits per heavy atom. The molecule has 0 radical (unpaired) electrons. The number of amides is 1. The summed E-state index contributed by atoms with van der Waals surface area (Å²) in [4.78, 5) is 17.9. The van der Waals surface area contributed by atoms with Gasteiger partial charge >= 0.3 is 0 Å². The number of alkyl halides is 1. The molecule has 1 saturated heterocycles. The number of nitrogens with zero attached hydrogens (tertiary/aromatic N) is 1. The van der Waals surface area contributed by atoms with Crippen LogP contribution in [0, 0.1) is 5.92 Å². The molecule has 1 aliphatic heterocycles. The van der Waals surface area contributed by atoms with Gasteiger partial charge < -0.3 is 10.3 Å². The number of hydrogen-bond donors (Lipinski definition) is 2. The molecule has 2 aromatic rings. The molecule has 24 heavy (non-hydrogen) atoms. The van der Waals surface area contributed by atoms with Gasteiger partial charge in [0.25, 0.3) is 0 Å². The Morgan fingerprint density at radius 3 is 3.00 bits per heavy atom. The number of hydrogen-bond acceptors (Lipinski definition) is 2. The van der Waals surface area contributed by atoms with E-state index in [9.17, 15) is 4.79 Å². The zero-order valence-electron chi connectivity index (χ0n) is 13.3. The molecular formula is C18H20ClN3OS. The first-order chi connectivity index (χ1) is 11.6. The lowest BCUT2D eigenvalue weighted by Gasteiger charge is -2.42. The van der Waals surface area contributed by atoms with Crippen molar-refractivity contribution in [1.29, 1.82) is 0 Å². The highest BCUT2D eigenvalue weighted by atomic mass is 35.5. The van der Waals surface area contributed by atoms with Crippen molar-refractivity contribution in [2.45, 2.75) is 37.1 Å². The number of para-hydroxylation sites is 1. The predicted octanol–water partition coefficient (Wildman–Crippen LogP) is 3.20. The number of halogens is 1. The molecule has 0 bridgehead atoms. The number of aromatic amines is 1. The molecule has 6 heteroatoms. The van der Waals surface area contributed by atoms with Crippen LogP contribution in [0.2, 0.25) is 0 Å². The summed E-state index contributed by atoms with van der Waals surface area (Å²) < 4.78 is 0. The summed E-state index contributed by atoms with van der Waals surface area (Å²) in [5.74, 6) is 0.0878. The molecule has 2 N–H and O–H groups in total. The number of aromatic nitrogens is 1. The van der Waals surface area contributed by atoms with E-state index in [-0.39, 0.29) is 23.2 Å². The van der Waals surface area contributed by atoms with Crippen LogP contribution < -0.4 is 5.32 Å². The Morgan fingerprint density at radius 2 is 2.12 bits per heavy atom. The molecular weight excluding hydrogens is 342 g/mol. The Kier molecular flexibility index (Phi) is 4.22. The van der Waals surface area contributed by atoms with Crippen LogP contribution in [0.4, 0.5) is 0 Å². The van der Waals surface area contributed by atoms with Gasteiger partial charge in [-0.25, -0.2) is 0 Å². The van der Waals surface area contributed by atoms with Gasteiger partial charge in [-0.15, -0.1) is 11.6 Å². The van der Waals surface area contributed by atoms with Crippen LogP contribution in [0.25, 0.3) is 10.9 Å². The molecule has 1 aromatic carbocycles. The van der Waals surface area contributed by atoms with Crippen molar-refractivity contribution in [2.24, 2.45) is 5.92 Å². The summed E-state index contributed by atoms with van der Waals surface area (Å²) in [6.07, 6.45) is 5.40. The molecule has 4 rings (SSSR count). The highest BCUT2D eigenvalue weighted by Crippen LogP contribution is 2.32. The van der Waals surface area contributed by atoms with Crippen molar-refractivity contribution < 1.29 is 4.79 Å². The van der Waals surface area contributed by atoms with E-state index in [4.69, 9.17) is 23.8 Å². The number of nitrogens with one attached hydrogen (secondary N) is 2. The van der Waals surface area contributed by atoms with Crippen molar-refractivity contribution in [1.82, 2.24) is 15.2 Å². The standard InChI is InChI=1S/C18H20ClN3OS/c19-12-5-6-16-14(9-12)17(23)22(18(24)21-16)8-7-11-10-20-15-4-2-1-3-13(11)15/h1-4,10,12,14,16,20H,5-9H2,(H,21,24). The first-order valence-corrected chi connectivity index (χ1v) is 9.29. The smallest absolute Gasteiger partial charge is 0.233 e. The molecule has 1 aromatic heterocycles. The van der Waals surface area contributed by atoms with E-state index in [0.29, 0.717) is 11.7 Å². The normalized spacial score (nSPS) is 27.2. The lowest BCUT2D eigenvalue weighted by atomic mass is 9.82. The van der Waals surface area contributed by atoms with Crippen LogP contribution in [-0.4, -0.2) is 38.9 Å². The van der Waals surface area contributed by atoms with E-state index < -0.39 is 0 Å². The second kappa shape index (κ2) is 6.37. The molecule has 0 spiro atoms. The van der Waals surface area contributed by atoms with Gasteiger partial charge in [-0.3, -0.25) is 9.69 Å². The minimum atomic E-state index is -0.0454. The second-order valence-corrected chi connectivity index (χ2v) is 7.68. The zero-order valence-corrected chi connectivity index (χ0v) is 14.9. The first kappa shape index (κ1) is 15.9. The van der Waals surface area contributed by atoms with Crippen LogP contribution in [0.3, 0.4) is 0 Å². The third-order valence-electron chi connectivity index (χ3n) is 5.20. The van der Waals surface area contributed by atoms with Crippen LogP contribution in [-0.2, 0) is 11.2 Å². The molecule has 1 aliphatic carbocycles. The molecule has 4 nitrogen and oxygen atoms in total. The average Bonchev–Trinajstić information content (AvgIpc) is 2.99. The fraction of sp³-hybridized carbons (Fsp3) is 0.444. The van der Waals surface area contributed by atoms with Gasteiger partial charge in [0.2, 0.25) is 5.91 Å². The third kappa shape index (κ3) is 2.80. The van der Waals surface area contributed by atoms with Crippen LogP contribution in [0.1, 0.15) is 24.8 Å². The van der Waals surface area contributed by atoms with E-state index in [0.717, 1.165) is 31.2 Å². The van der Waals surface area contributed by atoms with Gasteiger partial charge in [-0.2, -0.15) is 0 Å². The summed E-state index contributed by atoms with van der Waals surface area (Å²) >= 11 is 11.7. The number of benzene rings is 1. The number of fused-ring (bicyclic) bond motifs is 2. The van der Waals surface area contributed by atoms with E-state index in [1.165, 1.54) is 10.9 Å². The highest BCUT2D eigenvalue weighted by Gasteiger charge is 2.42. The largest absolute Gasteiger partial charge is 0.361 e. The Balaban J connectivity index is 1.49. The summed E-state index contributed by atoms with van der Waals surface area (Å²) in [6.45, 7) is 0.600. The minimum absolute atomic E-state index is 0.0454. The summed E-state index contributed by atoms with van der Waals surface area (Å²) in [5, 5.41) is 5.22. The van der Waals surface area contributed by atoms with E-state index in [2.05, 4.69) is 22.4 Å². The molecule has 1 amide bonds. The number of rotatable bonds is 3. The lowest BCUT2D eigenvalue weighted by Crippen LogP contribution is -2.61. The molecule has 2 aliphatic rings. The monoisotopic (exact) mass is 361 g/mol. The molecule has 126 valence electrons. The fourth-order valence-corrected chi connectivity index (χ4v) is 4.53. The quantitative estimate of drug-likeness (QED) is 0.652. The Bertz CT molecular complexity index is 789. The second-order valence-electron chi connectivity index (χ2n) is 6.67. The van der Waals surface area contributed by atoms with E-state index in [1.54, 1.807) is 4.90 Å². The van der Waals surface area contributed by atoms with Gasteiger partial charge in [-0.05, 0) is 49.5 Å². The van der Waals surface area contributed by atoms with Gasteiger partial charge in [-0.1, -0.05) is 18.2 Å². The van der Waals surface area contributed by atoms with Gasteiger partial charge in [0.05, 0.1) is 5.92 Å². The predicted molar refractivity (Wildman–Crippen MR) is 100 cm³/mol. The molecule has 1 saturated carbocycles. The Labute approximate surface area is 151 Å². The first-order valence-electron chi connectivity index (χ1n) is 8.44. The number of carbonyl (C=O) groups is 1.